The molecule has 1 unspecified atom stereocenters. The van der Waals surface area contributed by atoms with E-state index < -0.39 is 52.7 Å². The molecule has 2 heterocycles. The highest BCUT2D eigenvalue weighted by atomic mass is 32.2. The number of ether oxygens (including phenoxy) is 2. The molecule has 0 aliphatic carbocycles. The van der Waals surface area contributed by atoms with E-state index in [1.807, 2.05) is 54.6 Å². The Morgan fingerprint density at radius 2 is 1.46 bits per heavy atom. The van der Waals surface area contributed by atoms with Gasteiger partial charge in [-0.3, -0.25) is 4.79 Å². The lowest BCUT2D eigenvalue weighted by molar-refractivity contribution is -0.285. The first-order valence-corrected chi connectivity index (χ1v) is 17.7. The zero-order chi connectivity index (χ0) is 35.6. The summed E-state index contributed by atoms with van der Waals surface area (Å²) in [4.78, 5) is 15.2. The van der Waals surface area contributed by atoms with Crippen molar-refractivity contribution in [2.75, 3.05) is 17.8 Å². The fourth-order valence-electron chi connectivity index (χ4n) is 6.48. The molecule has 50 heavy (non-hydrogen) atoms. The van der Waals surface area contributed by atoms with Crippen LogP contribution in [0.25, 0.3) is 11.1 Å². The van der Waals surface area contributed by atoms with Gasteiger partial charge in [-0.2, -0.15) is 8.42 Å². The molecule has 13 heteroatoms. The van der Waals surface area contributed by atoms with Crippen LogP contribution in [-0.2, 0) is 24.4 Å². The standard InChI is InChI=1S/C37H38FNO10S/c1-47-37-35(43)34(42)33(41)31(48-37)21-50(45,46)49-28-17-13-23(14-18-28)22-7-9-25(10-8-22)32-29(36(44)39(32)27-5-3-2-4-6-27)19-20-30(40)24-11-15-26(38)16-12-24/h2-18,29-35,37,40-43H,19-21H2,1H3/t29-,30+,31?,32-,33+,34-,35+,37-/m1/s1. The van der Waals surface area contributed by atoms with Crippen LogP contribution in [0.1, 0.15) is 36.1 Å². The largest absolute Gasteiger partial charge is 0.388 e. The van der Waals surface area contributed by atoms with Crippen LogP contribution in [0, 0.1) is 11.7 Å². The second-order valence-electron chi connectivity index (χ2n) is 12.4. The summed E-state index contributed by atoms with van der Waals surface area (Å²) >= 11 is 0. The smallest absolute Gasteiger partial charge is 0.311 e. The highest BCUT2D eigenvalue weighted by molar-refractivity contribution is 7.87. The van der Waals surface area contributed by atoms with Crippen LogP contribution in [0.4, 0.5) is 10.1 Å². The van der Waals surface area contributed by atoms with E-state index in [2.05, 4.69) is 0 Å². The van der Waals surface area contributed by atoms with E-state index >= 15 is 0 Å². The quantitative estimate of drug-likeness (QED) is 0.126. The fraction of sp³-hybridized carbons (Fsp3) is 0.324. The van der Waals surface area contributed by atoms with Crippen LogP contribution in [0.3, 0.4) is 0 Å². The van der Waals surface area contributed by atoms with Gasteiger partial charge in [-0.05, 0) is 71.5 Å². The van der Waals surface area contributed by atoms with E-state index in [0.29, 0.717) is 18.4 Å². The van der Waals surface area contributed by atoms with Gasteiger partial charge < -0.3 is 39.0 Å². The molecule has 2 fully saturated rings. The summed E-state index contributed by atoms with van der Waals surface area (Å²) in [5.74, 6) is -1.57. The average molecular weight is 708 g/mol. The highest BCUT2D eigenvalue weighted by Gasteiger charge is 2.48. The first kappa shape index (κ1) is 35.6. The number of rotatable bonds is 12. The second-order valence-corrected chi connectivity index (χ2v) is 14.1. The van der Waals surface area contributed by atoms with Gasteiger partial charge in [0.15, 0.2) is 6.29 Å². The summed E-state index contributed by atoms with van der Waals surface area (Å²) in [6, 6.07) is 28.8. The van der Waals surface area contributed by atoms with Gasteiger partial charge in [-0.15, -0.1) is 0 Å². The number of methoxy groups -OCH3 is 1. The SMILES string of the molecule is CO[C@@H]1OC(CS(=O)(=O)Oc2ccc(-c3ccc([C@@H]4[C@@H](CC[C@H](O)c5ccc(F)cc5)C(=O)N4c4ccccc4)cc3)cc2)[C@H](O)[C@@H](O)[C@@H]1O. The van der Waals surface area contributed by atoms with Gasteiger partial charge in [-0.25, -0.2) is 4.39 Å². The highest BCUT2D eigenvalue weighted by Crippen LogP contribution is 2.46. The minimum atomic E-state index is -4.29. The molecule has 264 valence electrons. The molecule has 2 aliphatic rings. The molecule has 8 atom stereocenters. The molecule has 0 aromatic heterocycles. The zero-order valence-corrected chi connectivity index (χ0v) is 27.8. The van der Waals surface area contributed by atoms with Crippen molar-refractivity contribution in [3.8, 4) is 16.9 Å². The van der Waals surface area contributed by atoms with Crippen LogP contribution in [-0.4, -0.2) is 78.3 Å². The summed E-state index contributed by atoms with van der Waals surface area (Å²) in [6.45, 7) is 0. The number of carbonyl (C=O) groups is 1. The van der Waals surface area contributed by atoms with Crippen LogP contribution in [0.2, 0.25) is 0 Å². The topological polar surface area (TPSA) is 163 Å². The Labute approximate surface area is 289 Å². The van der Waals surface area contributed by atoms with Crippen molar-refractivity contribution in [1.82, 2.24) is 0 Å². The fourth-order valence-corrected chi connectivity index (χ4v) is 7.63. The van der Waals surface area contributed by atoms with Crippen molar-refractivity contribution in [3.05, 3.63) is 120 Å². The number of para-hydroxylation sites is 1. The third-order valence-corrected chi connectivity index (χ3v) is 10.4. The van der Waals surface area contributed by atoms with Gasteiger partial charge in [0.25, 0.3) is 0 Å². The Hall–Kier alpha value is -4.21. The molecule has 0 spiro atoms. The number of hydrogen-bond donors (Lipinski definition) is 4. The first-order valence-electron chi connectivity index (χ1n) is 16.1. The molecule has 2 saturated heterocycles. The molecule has 11 nitrogen and oxygen atoms in total. The van der Waals surface area contributed by atoms with Crippen molar-refractivity contribution in [2.24, 2.45) is 5.92 Å². The molecule has 2 aliphatic heterocycles. The number of hydrogen-bond acceptors (Lipinski definition) is 10. The molecule has 4 aromatic rings. The van der Waals surface area contributed by atoms with Crippen molar-refractivity contribution >= 4 is 21.7 Å². The van der Waals surface area contributed by atoms with Gasteiger partial charge in [-0.1, -0.05) is 66.7 Å². The summed E-state index contributed by atoms with van der Waals surface area (Å²) < 4.78 is 54.4. The number of halogens is 1. The van der Waals surface area contributed by atoms with Gasteiger partial charge in [0.2, 0.25) is 5.91 Å². The Kier molecular flexibility index (Phi) is 10.6. The van der Waals surface area contributed by atoms with E-state index in [1.165, 1.54) is 31.4 Å². The molecule has 0 saturated carbocycles. The molecular formula is C37H38FNO10S. The number of aliphatic hydroxyl groups is 4. The number of benzene rings is 4. The van der Waals surface area contributed by atoms with Crippen LogP contribution < -0.4 is 9.08 Å². The monoisotopic (exact) mass is 707 g/mol. The molecule has 0 radical (unpaired) electrons. The zero-order valence-electron chi connectivity index (χ0n) is 27.0. The Morgan fingerprint density at radius 3 is 2.08 bits per heavy atom. The number of anilines is 1. The number of aliphatic hydroxyl groups excluding tert-OH is 4. The summed E-state index contributed by atoms with van der Waals surface area (Å²) in [5, 5.41) is 41.0. The van der Waals surface area contributed by atoms with Crippen molar-refractivity contribution in [2.45, 2.75) is 55.7 Å². The summed E-state index contributed by atoms with van der Waals surface area (Å²) in [7, 11) is -3.08. The van der Waals surface area contributed by atoms with Crippen molar-refractivity contribution in [1.29, 1.82) is 0 Å². The van der Waals surface area contributed by atoms with Crippen LogP contribution in [0.15, 0.2) is 103 Å². The predicted molar refractivity (Wildman–Crippen MR) is 181 cm³/mol. The van der Waals surface area contributed by atoms with Gasteiger partial charge in [0, 0.05) is 12.8 Å². The number of carbonyl (C=O) groups excluding carboxylic acids is 1. The second kappa shape index (κ2) is 15.0. The summed E-state index contributed by atoms with van der Waals surface area (Å²) in [6.07, 6.45) is -7.70. The van der Waals surface area contributed by atoms with Crippen LogP contribution in [0.5, 0.6) is 5.75 Å². The summed E-state index contributed by atoms with van der Waals surface area (Å²) in [5.41, 5.74) is 3.87. The minimum Gasteiger partial charge on any atom is -0.388 e. The third kappa shape index (κ3) is 7.59. The predicted octanol–water partition coefficient (Wildman–Crippen LogP) is 3.87. The first-order chi connectivity index (χ1) is 24.0. The third-order valence-electron chi connectivity index (χ3n) is 9.19. The number of β-lactam (4-membered cyclic amide) rings is 1. The van der Waals surface area contributed by atoms with Gasteiger partial charge in [0.1, 0.15) is 41.7 Å². The maximum Gasteiger partial charge on any atom is 0.311 e. The van der Waals surface area contributed by atoms with E-state index in [9.17, 15) is 38.0 Å². The van der Waals surface area contributed by atoms with E-state index in [4.69, 9.17) is 13.7 Å². The molecule has 0 bridgehead atoms. The lowest BCUT2D eigenvalue weighted by Gasteiger charge is -2.48. The van der Waals surface area contributed by atoms with Gasteiger partial charge >= 0.3 is 10.1 Å². The normalized spacial score (nSPS) is 25.9. The Balaban J connectivity index is 1.13. The molecule has 6 rings (SSSR count). The van der Waals surface area contributed by atoms with E-state index in [1.54, 1.807) is 29.2 Å². The number of amides is 1. The Bertz CT molecular complexity index is 1860. The van der Waals surface area contributed by atoms with E-state index in [-0.39, 0.29) is 29.4 Å². The maximum absolute atomic E-state index is 13.4. The number of nitrogens with zero attached hydrogens (tertiary/aromatic N) is 1. The van der Waals surface area contributed by atoms with Crippen molar-refractivity contribution in [3.63, 3.8) is 0 Å². The lowest BCUT2D eigenvalue weighted by atomic mass is 9.78. The minimum absolute atomic E-state index is 0.0247. The molecular weight excluding hydrogens is 669 g/mol. The molecule has 1 amide bonds. The maximum atomic E-state index is 13.4. The molecule has 4 aromatic carbocycles. The van der Waals surface area contributed by atoms with Crippen molar-refractivity contribution < 1.29 is 51.7 Å². The molecule has 4 N–H and O–H groups in total. The Morgan fingerprint density at radius 1 is 0.840 bits per heavy atom. The van der Waals surface area contributed by atoms with E-state index in [0.717, 1.165) is 22.4 Å². The van der Waals surface area contributed by atoms with Crippen LogP contribution >= 0.6 is 0 Å². The lowest BCUT2D eigenvalue weighted by Crippen LogP contribution is -2.59. The average Bonchev–Trinajstić information content (AvgIpc) is 3.11. The van der Waals surface area contributed by atoms with Gasteiger partial charge in [0.05, 0.1) is 18.1 Å².